The smallest absolute Gasteiger partial charge is 0.251 e. The normalized spacial score (nSPS) is 10.3. The van der Waals surface area contributed by atoms with Crippen molar-refractivity contribution in [3.63, 3.8) is 0 Å². The van der Waals surface area contributed by atoms with Crippen LogP contribution in [0, 0.1) is 0 Å². The van der Waals surface area contributed by atoms with Gasteiger partial charge in [-0.2, -0.15) is 5.10 Å². The molecule has 0 aliphatic rings. The highest BCUT2D eigenvalue weighted by Gasteiger charge is 2.17. The van der Waals surface area contributed by atoms with Gasteiger partial charge < -0.3 is 24.8 Å². The van der Waals surface area contributed by atoms with Crippen LogP contribution in [0.15, 0.2) is 43.1 Å². The molecule has 0 saturated heterocycles. The Morgan fingerprint density at radius 2 is 1.81 bits per heavy atom. The Morgan fingerprint density at radius 1 is 1.06 bits per heavy atom. The van der Waals surface area contributed by atoms with E-state index in [1.807, 2.05) is 6.07 Å². The molecular formula is C20H22N6O5. The van der Waals surface area contributed by atoms with Gasteiger partial charge in [-0.1, -0.05) is 6.07 Å². The molecular weight excluding hydrogens is 404 g/mol. The fourth-order valence-corrected chi connectivity index (χ4v) is 2.82. The van der Waals surface area contributed by atoms with Crippen LogP contribution in [-0.2, 0) is 11.3 Å². The summed E-state index contributed by atoms with van der Waals surface area (Å²) in [6, 6.07) is 6.59. The Balaban J connectivity index is 1.60. The highest BCUT2D eigenvalue weighted by molar-refractivity contribution is 5.97. The lowest BCUT2D eigenvalue weighted by atomic mass is 10.1. The first kappa shape index (κ1) is 21.6. The fraction of sp³-hybridized carbons (Fsp3) is 0.250. The summed E-state index contributed by atoms with van der Waals surface area (Å²) in [6.45, 7) is -0.00364. The van der Waals surface area contributed by atoms with E-state index in [9.17, 15) is 9.59 Å². The first-order chi connectivity index (χ1) is 15.1. The van der Waals surface area contributed by atoms with Crippen molar-refractivity contribution < 1.29 is 23.8 Å². The maximum absolute atomic E-state index is 12.5. The van der Waals surface area contributed by atoms with Crippen molar-refractivity contribution in [2.45, 2.75) is 6.54 Å². The van der Waals surface area contributed by atoms with Crippen LogP contribution in [0.5, 0.6) is 17.2 Å². The lowest BCUT2D eigenvalue weighted by Gasteiger charge is -2.14. The molecule has 0 atom stereocenters. The van der Waals surface area contributed by atoms with Crippen LogP contribution in [0.3, 0.4) is 0 Å². The second-order valence-corrected chi connectivity index (χ2v) is 6.20. The van der Waals surface area contributed by atoms with E-state index in [4.69, 9.17) is 14.2 Å². The second kappa shape index (κ2) is 10.1. The standard InChI is InChI=1S/C20H22N6O5/c1-29-15-7-14(8-16(30-2)18(15)31-3)20(28)24-10-17(27)23-9-13-5-4-6-22-19(13)26-12-21-11-25-26/h4-8,11-12H,9-10H2,1-3H3,(H,23,27)(H,24,28). The maximum atomic E-state index is 12.5. The molecule has 0 fully saturated rings. The average molecular weight is 426 g/mol. The molecule has 1 aromatic carbocycles. The van der Waals surface area contributed by atoms with E-state index in [2.05, 4.69) is 25.7 Å². The average Bonchev–Trinajstić information content (AvgIpc) is 3.35. The molecule has 0 unspecified atom stereocenters. The number of rotatable bonds is 9. The summed E-state index contributed by atoms with van der Waals surface area (Å²) in [6.07, 6.45) is 4.54. The van der Waals surface area contributed by atoms with Gasteiger partial charge in [0, 0.05) is 23.9 Å². The number of carbonyl (C=O) groups excluding carboxylic acids is 2. The van der Waals surface area contributed by atoms with E-state index < -0.39 is 5.91 Å². The molecule has 2 aromatic heterocycles. The largest absolute Gasteiger partial charge is 0.493 e. The Labute approximate surface area is 178 Å². The SMILES string of the molecule is COc1cc(C(=O)NCC(=O)NCc2cccnc2-n2cncn2)cc(OC)c1OC. The van der Waals surface area contributed by atoms with Gasteiger partial charge in [0.25, 0.3) is 5.91 Å². The third kappa shape index (κ3) is 5.07. The van der Waals surface area contributed by atoms with Crippen molar-refractivity contribution >= 4 is 11.8 Å². The number of ether oxygens (including phenoxy) is 3. The third-order valence-corrected chi connectivity index (χ3v) is 4.32. The third-order valence-electron chi connectivity index (χ3n) is 4.32. The van der Waals surface area contributed by atoms with E-state index in [-0.39, 0.29) is 24.6 Å². The Kier molecular flexibility index (Phi) is 6.99. The van der Waals surface area contributed by atoms with Crippen molar-refractivity contribution in [2.75, 3.05) is 27.9 Å². The van der Waals surface area contributed by atoms with Gasteiger partial charge in [0.05, 0.1) is 27.9 Å². The number of aromatic nitrogens is 4. The van der Waals surface area contributed by atoms with E-state index >= 15 is 0 Å². The number of hydrogen-bond donors (Lipinski definition) is 2. The van der Waals surface area contributed by atoms with Crippen molar-refractivity contribution in [1.29, 1.82) is 0 Å². The molecule has 0 spiro atoms. The molecule has 162 valence electrons. The van der Waals surface area contributed by atoms with Crippen LogP contribution in [0.1, 0.15) is 15.9 Å². The molecule has 11 heteroatoms. The lowest BCUT2D eigenvalue weighted by Crippen LogP contribution is -2.36. The highest BCUT2D eigenvalue weighted by atomic mass is 16.5. The topological polar surface area (TPSA) is 129 Å². The molecule has 3 rings (SSSR count). The van der Waals surface area contributed by atoms with Gasteiger partial charge in [0.1, 0.15) is 12.7 Å². The lowest BCUT2D eigenvalue weighted by molar-refractivity contribution is -0.120. The number of pyridine rings is 1. The van der Waals surface area contributed by atoms with Crippen molar-refractivity contribution in [1.82, 2.24) is 30.4 Å². The van der Waals surface area contributed by atoms with Gasteiger partial charge >= 0.3 is 0 Å². The van der Waals surface area contributed by atoms with Gasteiger partial charge in [0.2, 0.25) is 11.7 Å². The number of nitrogens with zero attached hydrogens (tertiary/aromatic N) is 4. The summed E-state index contributed by atoms with van der Waals surface area (Å²) < 4.78 is 17.2. The summed E-state index contributed by atoms with van der Waals surface area (Å²) in [5.41, 5.74) is 1.01. The molecule has 11 nitrogen and oxygen atoms in total. The van der Waals surface area contributed by atoms with Crippen LogP contribution >= 0.6 is 0 Å². The first-order valence-corrected chi connectivity index (χ1v) is 9.21. The van der Waals surface area contributed by atoms with E-state index in [0.717, 1.165) is 5.56 Å². The zero-order chi connectivity index (χ0) is 22.2. The predicted molar refractivity (Wildman–Crippen MR) is 109 cm³/mol. The van der Waals surface area contributed by atoms with Crippen LogP contribution < -0.4 is 24.8 Å². The summed E-state index contributed by atoms with van der Waals surface area (Å²) in [5, 5.41) is 9.37. The highest BCUT2D eigenvalue weighted by Crippen LogP contribution is 2.38. The minimum absolute atomic E-state index is 0.210. The molecule has 0 radical (unpaired) electrons. The summed E-state index contributed by atoms with van der Waals surface area (Å²) in [5.74, 6) is 0.788. The van der Waals surface area contributed by atoms with Crippen molar-refractivity contribution in [3.8, 4) is 23.1 Å². The van der Waals surface area contributed by atoms with Gasteiger partial charge in [0.15, 0.2) is 17.3 Å². The number of amides is 2. The molecule has 2 amide bonds. The number of hydrogen-bond acceptors (Lipinski definition) is 8. The quantitative estimate of drug-likeness (QED) is 0.512. The molecule has 0 saturated carbocycles. The Morgan fingerprint density at radius 3 is 2.42 bits per heavy atom. The molecule has 2 N–H and O–H groups in total. The predicted octanol–water partition coefficient (Wildman–Crippen LogP) is 0.734. The zero-order valence-corrected chi connectivity index (χ0v) is 17.3. The van der Waals surface area contributed by atoms with Gasteiger partial charge in [-0.15, -0.1) is 0 Å². The summed E-state index contributed by atoms with van der Waals surface area (Å²) in [7, 11) is 4.39. The number of benzene rings is 1. The molecule has 0 aliphatic heterocycles. The van der Waals surface area contributed by atoms with Crippen LogP contribution in [0.4, 0.5) is 0 Å². The summed E-state index contributed by atoms with van der Waals surface area (Å²) in [4.78, 5) is 32.9. The minimum Gasteiger partial charge on any atom is -0.493 e. The first-order valence-electron chi connectivity index (χ1n) is 9.21. The van der Waals surface area contributed by atoms with E-state index in [0.29, 0.717) is 23.1 Å². The minimum atomic E-state index is -0.459. The van der Waals surface area contributed by atoms with Gasteiger partial charge in [-0.3, -0.25) is 9.59 Å². The second-order valence-electron chi connectivity index (χ2n) is 6.20. The number of nitrogens with one attached hydrogen (secondary N) is 2. The maximum Gasteiger partial charge on any atom is 0.251 e. The molecule has 3 aromatic rings. The molecule has 0 bridgehead atoms. The van der Waals surface area contributed by atoms with E-state index in [1.54, 1.807) is 12.3 Å². The molecule has 2 heterocycles. The van der Waals surface area contributed by atoms with Gasteiger partial charge in [-0.05, 0) is 18.2 Å². The zero-order valence-electron chi connectivity index (χ0n) is 17.3. The van der Waals surface area contributed by atoms with Crippen LogP contribution in [-0.4, -0.2) is 59.4 Å². The van der Waals surface area contributed by atoms with Crippen molar-refractivity contribution in [2.24, 2.45) is 0 Å². The van der Waals surface area contributed by atoms with E-state index in [1.165, 1.54) is 50.8 Å². The number of carbonyl (C=O) groups is 2. The van der Waals surface area contributed by atoms with Crippen molar-refractivity contribution in [3.05, 3.63) is 54.2 Å². The molecule has 0 aliphatic carbocycles. The number of methoxy groups -OCH3 is 3. The fourth-order valence-electron chi connectivity index (χ4n) is 2.82. The monoisotopic (exact) mass is 426 g/mol. The van der Waals surface area contributed by atoms with Crippen LogP contribution in [0.25, 0.3) is 5.82 Å². The Hall–Kier alpha value is -4.15. The summed E-state index contributed by atoms with van der Waals surface area (Å²) >= 11 is 0. The Bertz CT molecular complexity index is 1030. The van der Waals surface area contributed by atoms with Gasteiger partial charge in [-0.25, -0.2) is 14.6 Å². The van der Waals surface area contributed by atoms with Crippen LogP contribution in [0.2, 0.25) is 0 Å². The molecule has 31 heavy (non-hydrogen) atoms.